The molecule has 2 aromatic rings. The van der Waals surface area contributed by atoms with Crippen molar-refractivity contribution in [2.75, 3.05) is 32.8 Å². The number of hydrogen-bond donors (Lipinski definition) is 0. The number of benzene rings is 2. The van der Waals surface area contributed by atoms with Gasteiger partial charge < -0.3 is 14.4 Å². The molecular formula is C25H28N2O5. The Morgan fingerprint density at radius 1 is 1.09 bits per heavy atom. The maximum Gasteiger partial charge on any atom is 0.261 e. The first-order valence-electron chi connectivity index (χ1n) is 11.0. The molecule has 0 radical (unpaired) electrons. The molecule has 0 N–H and O–H groups in total. The lowest BCUT2D eigenvalue weighted by molar-refractivity contribution is -0.0228. The second-order valence-corrected chi connectivity index (χ2v) is 8.32. The summed E-state index contributed by atoms with van der Waals surface area (Å²) in [6, 6.07) is 14.6. The zero-order valence-electron chi connectivity index (χ0n) is 18.5. The van der Waals surface area contributed by atoms with Crippen molar-refractivity contribution in [3.63, 3.8) is 0 Å². The number of amides is 3. The molecule has 32 heavy (non-hydrogen) atoms. The molecule has 3 amide bonds. The van der Waals surface area contributed by atoms with Crippen molar-refractivity contribution in [1.29, 1.82) is 0 Å². The van der Waals surface area contributed by atoms with E-state index in [-0.39, 0.29) is 29.9 Å². The predicted molar refractivity (Wildman–Crippen MR) is 119 cm³/mol. The molecule has 0 aromatic heterocycles. The van der Waals surface area contributed by atoms with E-state index in [0.717, 1.165) is 5.56 Å². The van der Waals surface area contributed by atoms with Crippen LogP contribution in [0.2, 0.25) is 0 Å². The van der Waals surface area contributed by atoms with E-state index in [9.17, 15) is 14.4 Å². The van der Waals surface area contributed by atoms with Crippen molar-refractivity contribution in [2.24, 2.45) is 0 Å². The van der Waals surface area contributed by atoms with E-state index in [1.165, 1.54) is 4.90 Å². The Morgan fingerprint density at radius 2 is 1.84 bits per heavy atom. The fraction of sp³-hybridized carbons (Fsp3) is 0.400. The van der Waals surface area contributed by atoms with E-state index in [1.807, 2.05) is 44.2 Å². The summed E-state index contributed by atoms with van der Waals surface area (Å²) in [7, 11) is 0. The van der Waals surface area contributed by atoms with Gasteiger partial charge in [-0.3, -0.25) is 19.3 Å². The minimum absolute atomic E-state index is 0.104. The molecule has 4 rings (SSSR count). The van der Waals surface area contributed by atoms with E-state index in [1.54, 1.807) is 23.1 Å². The highest BCUT2D eigenvalue weighted by Gasteiger charge is 2.36. The third-order valence-corrected chi connectivity index (χ3v) is 5.72. The zero-order chi connectivity index (χ0) is 22.7. The predicted octanol–water partition coefficient (Wildman–Crippen LogP) is 3.31. The molecule has 0 saturated carbocycles. The second kappa shape index (κ2) is 9.63. The van der Waals surface area contributed by atoms with Crippen molar-refractivity contribution in [1.82, 2.24) is 9.80 Å². The van der Waals surface area contributed by atoms with Gasteiger partial charge in [-0.2, -0.15) is 0 Å². The van der Waals surface area contributed by atoms with Crippen LogP contribution in [0.4, 0.5) is 0 Å². The van der Waals surface area contributed by atoms with Crippen LogP contribution in [0.25, 0.3) is 0 Å². The van der Waals surface area contributed by atoms with Crippen LogP contribution in [0, 0.1) is 0 Å². The first-order chi connectivity index (χ1) is 15.5. The molecule has 2 aliphatic rings. The molecule has 1 atom stereocenters. The standard InChI is InChI=1S/C25H28N2O5/c1-17(2)31-13-6-11-27-24(29)20-10-9-19(15-21(20)25(27)30)23(28)26-12-14-32-22(16-26)18-7-4-3-5-8-18/h3-5,7-10,15,17,22H,6,11-14,16H2,1-2H3/t22-/m1/s1. The Balaban J connectivity index is 1.45. The third kappa shape index (κ3) is 4.59. The Bertz CT molecular complexity index is 1000. The highest BCUT2D eigenvalue weighted by Crippen LogP contribution is 2.27. The summed E-state index contributed by atoms with van der Waals surface area (Å²) in [4.78, 5) is 41.7. The molecule has 0 bridgehead atoms. The SMILES string of the molecule is CC(C)OCCCN1C(=O)c2ccc(C(=O)N3CCO[C@@H](c4ccccc4)C3)cc2C1=O. The van der Waals surface area contributed by atoms with Crippen molar-refractivity contribution in [3.8, 4) is 0 Å². The van der Waals surface area contributed by atoms with Crippen molar-refractivity contribution in [2.45, 2.75) is 32.5 Å². The number of carbonyl (C=O) groups excluding carboxylic acids is 3. The number of ether oxygens (including phenoxy) is 2. The average Bonchev–Trinajstić information content (AvgIpc) is 3.06. The van der Waals surface area contributed by atoms with Crippen LogP contribution in [0.3, 0.4) is 0 Å². The normalized spacial score (nSPS) is 18.4. The van der Waals surface area contributed by atoms with E-state index in [4.69, 9.17) is 9.47 Å². The van der Waals surface area contributed by atoms with E-state index < -0.39 is 0 Å². The lowest BCUT2D eigenvalue weighted by atomic mass is 10.0. The molecule has 0 aliphatic carbocycles. The number of hydrogen-bond acceptors (Lipinski definition) is 5. The van der Waals surface area contributed by atoms with Gasteiger partial charge in [0.25, 0.3) is 17.7 Å². The fourth-order valence-electron chi connectivity index (χ4n) is 4.05. The van der Waals surface area contributed by atoms with Crippen LogP contribution in [0.5, 0.6) is 0 Å². The fourth-order valence-corrected chi connectivity index (χ4v) is 4.05. The van der Waals surface area contributed by atoms with E-state index in [2.05, 4.69) is 0 Å². The molecular weight excluding hydrogens is 408 g/mol. The molecule has 1 saturated heterocycles. The first-order valence-corrected chi connectivity index (χ1v) is 11.0. The average molecular weight is 437 g/mol. The quantitative estimate of drug-likeness (QED) is 0.492. The Labute approximate surface area is 187 Å². The van der Waals surface area contributed by atoms with Crippen molar-refractivity contribution < 1.29 is 23.9 Å². The van der Waals surface area contributed by atoms with Crippen LogP contribution >= 0.6 is 0 Å². The minimum atomic E-state index is -0.353. The number of imide groups is 1. The van der Waals surface area contributed by atoms with Gasteiger partial charge in [0.2, 0.25) is 0 Å². The number of nitrogens with zero attached hydrogens (tertiary/aromatic N) is 2. The van der Waals surface area contributed by atoms with E-state index >= 15 is 0 Å². The molecule has 168 valence electrons. The summed E-state index contributed by atoms with van der Waals surface area (Å²) in [6.07, 6.45) is 0.492. The van der Waals surface area contributed by atoms with Gasteiger partial charge in [0.1, 0.15) is 6.10 Å². The largest absolute Gasteiger partial charge is 0.379 e. The van der Waals surface area contributed by atoms with Crippen molar-refractivity contribution >= 4 is 17.7 Å². The van der Waals surface area contributed by atoms with Crippen LogP contribution in [-0.4, -0.2) is 66.5 Å². The van der Waals surface area contributed by atoms with Crippen molar-refractivity contribution in [3.05, 3.63) is 70.8 Å². The number of morpholine rings is 1. The van der Waals surface area contributed by atoms with Crippen LogP contribution in [0.15, 0.2) is 48.5 Å². The molecule has 0 unspecified atom stereocenters. The van der Waals surface area contributed by atoms with Gasteiger partial charge in [-0.25, -0.2) is 0 Å². The number of fused-ring (bicyclic) bond motifs is 1. The molecule has 1 fully saturated rings. The summed E-state index contributed by atoms with van der Waals surface area (Å²) in [6.45, 7) is 6.02. The Kier molecular flexibility index (Phi) is 6.67. The smallest absolute Gasteiger partial charge is 0.261 e. The maximum absolute atomic E-state index is 13.2. The summed E-state index contributed by atoms with van der Waals surface area (Å²) in [5, 5.41) is 0. The lowest BCUT2D eigenvalue weighted by Gasteiger charge is -2.33. The summed E-state index contributed by atoms with van der Waals surface area (Å²) >= 11 is 0. The summed E-state index contributed by atoms with van der Waals surface area (Å²) < 4.78 is 11.3. The van der Waals surface area contributed by atoms with Crippen LogP contribution < -0.4 is 0 Å². The van der Waals surface area contributed by atoms with Gasteiger partial charge in [0.05, 0.1) is 30.4 Å². The lowest BCUT2D eigenvalue weighted by Crippen LogP contribution is -2.42. The highest BCUT2D eigenvalue weighted by molar-refractivity contribution is 6.22. The van der Waals surface area contributed by atoms with Gasteiger partial charge in [-0.05, 0) is 44.0 Å². The molecule has 2 aliphatic heterocycles. The topological polar surface area (TPSA) is 76.2 Å². The second-order valence-electron chi connectivity index (χ2n) is 8.32. The molecule has 2 aromatic carbocycles. The Hall–Kier alpha value is -3.03. The third-order valence-electron chi connectivity index (χ3n) is 5.72. The minimum Gasteiger partial charge on any atom is -0.379 e. The van der Waals surface area contributed by atoms with Gasteiger partial charge in [-0.1, -0.05) is 30.3 Å². The molecule has 0 spiro atoms. The maximum atomic E-state index is 13.2. The molecule has 2 heterocycles. The molecule has 7 heteroatoms. The van der Waals surface area contributed by atoms with Crippen LogP contribution in [-0.2, 0) is 9.47 Å². The van der Waals surface area contributed by atoms with Crippen LogP contribution in [0.1, 0.15) is 63.0 Å². The summed E-state index contributed by atoms with van der Waals surface area (Å²) in [5.41, 5.74) is 2.07. The first kappa shape index (κ1) is 22.2. The van der Waals surface area contributed by atoms with E-state index in [0.29, 0.717) is 56.0 Å². The number of rotatable bonds is 7. The van der Waals surface area contributed by atoms with Gasteiger partial charge >= 0.3 is 0 Å². The zero-order valence-corrected chi connectivity index (χ0v) is 18.5. The van der Waals surface area contributed by atoms with Gasteiger partial charge in [0.15, 0.2) is 0 Å². The highest BCUT2D eigenvalue weighted by atomic mass is 16.5. The summed E-state index contributed by atoms with van der Waals surface area (Å²) in [5.74, 6) is -0.835. The Morgan fingerprint density at radius 3 is 2.59 bits per heavy atom. The monoisotopic (exact) mass is 436 g/mol. The molecule has 7 nitrogen and oxygen atoms in total. The number of carbonyl (C=O) groups is 3. The van der Waals surface area contributed by atoms with Gasteiger partial charge in [-0.15, -0.1) is 0 Å². The van der Waals surface area contributed by atoms with Gasteiger partial charge in [0, 0.05) is 25.3 Å².